The molecule has 5 heteroatoms. The fraction of sp³-hybridized carbons (Fsp3) is 0.0769. The number of fused-ring (bicyclic) bond motifs is 24. The second kappa shape index (κ2) is 25.6. The van der Waals surface area contributed by atoms with E-state index in [2.05, 4.69) is 372 Å². The molecule has 4 nitrogen and oxygen atoms in total. The summed E-state index contributed by atoms with van der Waals surface area (Å²) in [5, 5.41) is 8.80. The molecule has 0 unspecified atom stereocenters. The summed E-state index contributed by atoms with van der Waals surface area (Å²) < 4.78 is 12.4. The molecule has 0 aliphatic heterocycles. The van der Waals surface area contributed by atoms with E-state index in [9.17, 15) is 0 Å². The molecule has 0 saturated heterocycles. The molecular formula is C104H75ClN2O2. The quantitative estimate of drug-likeness (QED) is 0.173. The largest absolute Gasteiger partial charge is 0.456 e. The van der Waals surface area contributed by atoms with Crippen LogP contribution in [-0.2, 0) is 21.7 Å². The van der Waals surface area contributed by atoms with E-state index in [1.165, 1.54) is 111 Å². The second-order valence-corrected chi connectivity index (χ2v) is 30.8. The number of halogens is 1. The van der Waals surface area contributed by atoms with Crippen molar-refractivity contribution in [3.8, 4) is 44.5 Å². The molecule has 1 N–H and O–H groups in total. The van der Waals surface area contributed by atoms with Gasteiger partial charge >= 0.3 is 0 Å². The van der Waals surface area contributed by atoms with Crippen LogP contribution < -0.4 is 10.2 Å². The van der Waals surface area contributed by atoms with Gasteiger partial charge in [-0.25, -0.2) is 0 Å². The molecule has 0 saturated carbocycles. The third-order valence-electron chi connectivity index (χ3n) is 23.8. The van der Waals surface area contributed by atoms with Gasteiger partial charge in [0, 0.05) is 78.0 Å². The first-order valence-electron chi connectivity index (χ1n) is 37.7. The van der Waals surface area contributed by atoms with E-state index in [0.717, 1.165) is 77.3 Å². The Balaban J connectivity index is 0.000000119. The number of para-hydroxylation sites is 2. The molecule has 109 heavy (non-hydrogen) atoms. The molecule has 22 rings (SSSR count). The fourth-order valence-corrected chi connectivity index (χ4v) is 19.1. The van der Waals surface area contributed by atoms with Crippen molar-refractivity contribution < 1.29 is 8.83 Å². The van der Waals surface area contributed by atoms with E-state index < -0.39 is 5.41 Å². The Morgan fingerprint density at radius 1 is 0.239 bits per heavy atom. The minimum absolute atomic E-state index is 0.0608. The molecule has 0 bridgehead atoms. The van der Waals surface area contributed by atoms with Gasteiger partial charge < -0.3 is 19.1 Å². The van der Waals surface area contributed by atoms with Gasteiger partial charge in [-0.2, -0.15) is 0 Å². The van der Waals surface area contributed by atoms with Crippen LogP contribution in [0.1, 0.15) is 94.5 Å². The molecule has 0 radical (unpaired) electrons. The molecule has 0 fully saturated rings. The van der Waals surface area contributed by atoms with Gasteiger partial charge in [-0.3, -0.25) is 0 Å². The zero-order valence-electron chi connectivity index (χ0n) is 60.9. The van der Waals surface area contributed by atoms with E-state index in [1.54, 1.807) is 0 Å². The van der Waals surface area contributed by atoms with Crippen LogP contribution in [0, 0.1) is 0 Å². The number of benzene rings is 16. The highest BCUT2D eigenvalue weighted by Crippen LogP contribution is 2.65. The molecule has 2 heterocycles. The number of nitrogens with zero attached hydrogens (tertiary/aromatic N) is 1. The maximum absolute atomic E-state index is 6.58. The van der Waals surface area contributed by atoms with Crippen LogP contribution in [0.2, 0.25) is 5.02 Å². The van der Waals surface area contributed by atoms with Gasteiger partial charge in [0.1, 0.15) is 22.3 Å². The lowest BCUT2D eigenvalue weighted by molar-refractivity contribution is 0.563. The van der Waals surface area contributed by atoms with Gasteiger partial charge in [-0.05, 0) is 196 Å². The average Bonchev–Trinajstić information content (AvgIpc) is 1.57. The Bertz CT molecular complexity index is 6500. The Hall–Kier alpha value is -13.0. The molecule has 0 atom stereocenters. The maximum atomic E-state index is 6.58. The van der Waals surface area contributed by atoms with Crippen molar-refractivity contribution in [2.75, 3.05) is 10.2 Å². The number of anilines is 5. The molecule has 0 amide bonds. The van der Waals surface area contributed by atoms with Crippen LogP contribution in [-0.4, -0.2) is 0 Å². The zero-order valence-corrected chi connectivity index (χ0v) is 61.7. The summed E-state index contributed by atoms with van der Waals surface area (Å²) >= 11 is 6.58. The van der Waals surface area contributed by atoms with Gasteiger partial charge in [0.05, 0.1) is 10.8 Å². The Morgan fingerprint density at radius 3 is 1.06 bits per heavy atom. The van der Waals surface area contributed by atoms with Crippen molar-refractivity contribution in [3.63, 3.8) is 0 Å². The van der Waals surface area contributed by atoms with Crippen molar-refractivity contribution in [3.05, 3.63) is 448 Å². The van der Waals surface area contributed by atoms with E-state index in [0.29, 0.717) is 0 Å². The third kappa shape index (κ3) is 10.3. The highest BCUT2D eigenvalue weighted by atomic mass is 35.5. The van der Waals surface area contributed by atoms with E-state index in [1.807, 2.05) is 42.5 Å². The topological polar surface area (TPSA) is 41.6 Å². The summed E-state index contributed by atoms with van der Waals surface area (Å²) in [5.74, 6) is 0. The van der Waals surface area contributed by atoms with E-state index >= 15 is 0 Å². The van der Waals surface area contributed by atoms with Gasteiger partial charge in [-0.1, -0.05) is 318 Å². The predicted molar refractivity (Wildman–Crippen MR) is 453 cm³/mol. The molecule has 520 valence electrons. The molecule has 2 spiro atoms. The number of rotatable bonds is 7. The monoisotopic (exact) mass is 1420 g/mol. The molecule has 2 aromatic heterocycles. The normalized spacial score (nSPS) is 14.2. The number of hydrogen-bond donors (Lipinski definition) is 1. The van der Waals surface area contributed by atoms with Crippen LogP contribution >= 0.6 is 11.6 Å². The number of furan rings is 2. The first-order chi connectivity index (χ1) is 53.5. The lowest BCUT2D eigenvalue weighted by atomic mass is 9.55. The minimum atomic E-state index is -0.476. The van der Waals surface area contributed by atoms with Gasteiger partial charge in [0.15, 0.2) is 0 Å². The molecular weight excluding hydrogens is 1340 g/mol. The zero-order chi connectivity index (χ0) is 73.2. The molecule has 4 aliphatic rings. The molecule has 18 aromatic rings. The average molecular weight is 1420 g/mol. The van der Waals surface area contributed by atoms with E-state index in [-0.39, 0.29) is 16.2 Å². The summed E-state index contributed by atoms with van der Waals surface area (Å²) in [7, 11) is 0. The minimum Gasteiger partial charge on any atom is -0.456 e. The predicted octanol–water partition coefficient (Wildman–Crippen LogP) is 28.1. The van der Waals surface area contributed by atoms with Crippen molar-refractivity contribution in [2.45, 2.75) is 49.4 Å². The van der Waals surface area contributed by atoms with Crippen molar-refractivity contribution in [1.29, 1.82) is 0 Å². The Kier molecular flexibility index (Phi) is 15.4. The van der Waals surface area contributed by atoms with E-state index in [4.69, 9.17) is 20.4 Å². The van der Waals surface area contributed by atoms with Crippen molar-refractivity contribution in [2.24, 2.45) is 0 Å². The standard InChI is InChI=1S/C52H37NO.C28H21Cl.C24H17NO/c1-51(2)44-19-9-11-21-46(44)52(47-22-12-10-20-45(47)51)43-18-8-6-16-39(43)40-30-28-37(32-48(40)52)53(36-26-24-35(25-27-36)34-14-4-3-5-15-34)38-29-31-42-41-17-7-13-23-49(41)54-50(42)33-38;1-27(2)22-11-5-7-13-24(22)28(25-14-8-6-12-23(25)27)21-10-4-3-9-19(21)20-16-15-18(29)17-26(20)28;1-2-6-17(7-3-1)18-10-12-19(13-11-18)25-20-14-15-22-21-8-4-5-9-23(21)26-24(22)16-20/h3-33H,1-2H3;3-17H,1-2H3;1-16,25H. The van der Waals surface area contributed by atoms with Crippen LogP contribution in [0.5, 0.6) is 0 Å². The smallest absolute Gasteiger partial charge is 0.137 e. The molecule has 4 aliphatic carbocycles. The van der Waals surface area contributed by atoms with Crippen LogP contribution in [0.4, 0.5) is 28.4 Å². The summed E-state index contributed by atoms with van der Waals surface area (Å²) in [6.07, 6.45) is 0. The number of nitrogens with one attached hydrogen (secondary N) is 1. The SMILES string of the molecule is CC1(C)c2ccccc2C2(c3ccccc3-c3ccc(Cl)cc32)c2ccccc21.CC1(C)c2ccccc2C2(c3ccccc3-c3ccc(N(c4ccc(-c5ccccc5)cc4)c4ccc5c(c4)oc4ccccc45)cc32)c2ccccc21.c1ccc(-c2ccc(Nc3ccc4c(c3)oc3ccccc34)cc2)cc1. The van der Waals surface area contributed by atoms with Crippen LogP contribution in [0.25, 0.3) is 88.4 Å². The Morgan fingerprint density at radius 2 is 0.569 bits per heavy atom. The lowest BCUT2D eigenvalue weighted by Crippen LogP contribution is -2.40. The summed E-state index contributed by atoms with van der Waals surface area (Å²) in [5.41, 5.74) is 34.2. The summed E-state index contributed by atoms with van der Waals surface area (Å²) in [6.45, 7) is 9.45. The van der Waals surface area contributed by atoms with Crippen LogP contribution in [0.15, 0.2) is 385 Å². The summed E-state index contributed by atoms with van der Waals surface area (Å²) in [6, 6.07) is 135. The van der Waals surface area contributed by atoms with Gasteiger partial charge in [0.25, 0.3) is 0 Å². The van der Waals surface area contributed by atoms with Gasteiger partial charge in [0.2, 0.25) is 0 Å². The number of hydrogen-bond acceptors (Lipinski definition) is 4. The lowest BCUT2D eigenvalue weighted by Gasteiger charge is -2.46. The molecule has 16 aromatic carbocycles. The summed E-state index contributed by atoms with van der Waals surface area (Å²) in [4.78, 5) is 2.39. The highest BCUT2D eigenvalue weighted by molar-refractivity contribution is 6.31. The van der Waals surface area contributed by atoms with Crippen molar-refractivity contribution >= 4 is 83.9 Å². The third-order valence-corrected chi connectivity index (χ3v) is 24.1. The first kappa shape index (κ1) is 65.5. The highest BCUT2D eigenvalue weighted by Gasteiger charge is 2.55. The Labute approximate surface area is 640 Å². The first-order valence-corrected chi connectivity index (χ1v) is 38.1. The van der Waals surface area contributed by atoms with Crippen LogP contribution in [0.3, 0.4) is 0 Å². The van der Waals surface area contributed by atoms with Gasteiger partial charge in [-0.15, -0.1) is 0 Å². The van der Waals surface area contributed by atoms with Crippen molar-refractivity contribution in [1.82, 2.24) is 0 Å². The second-order valence-electron chi connectivity index (χ2n) is 30.3. The fourth-order valence-electron chi connectivity index (χ4n) is 18.9. The maximum Gasteiger partial charge on any atom is 0.137 e.